The molecule has 0 aliphatic carbocycles. The van der Waals surface area contributed by atoms with Crippen LogP contribution in [-0.4, -0.2) is 51.0 Å². The molecule has 1 unspecified atom stereocenters. The fraction of sp³-hybridized carbons (Fsp3) is 0.478. The van der Waals surface area contributed by atoms with Gasteiger partial charge in [-0.3, -0.25) is 19.1 Å². The number of nitrogens with zero attached hydrogens (tertiary/aromatic N) is 5. The van der Waals surface area contributed by atoms with Crippen molar-refractivity contribution >= 4 is 32.7 Å². The summed E-state index contributed by atoms with van der Waals surface area (Å²) in [6.45, 7) is 4.05. The SMILES string of the molecule is Cn1c(CN2CCCC2)nc2sc(N3CCCC3C(=O)NCc3ccccc3)nc2c1=O. The van der Waals surface area contributed by atoms with Crippen molar-refractivity contribution in [2.24, 2.45) is 7.05 Å². The molecule has 168 valence electrons. The Hall–Kier alpha value is -2.78. The third kappa shape index (κ3) is 4.14. The Labute approximate surface area is 190 Å². The topological polar surface area (TPSA) is 83.4 Å². The van der Waals surface area contributed by atoms with E-state index in [9.17, 15) is 9.59 Å². The molecule has 2 aromatic heterocycles. The van der Waals surface area contributed by atoms with Gasteiger partial charge in [-0.2, -0.15) is 0 Å². The van der Waals surface area contributed by atoms with Gasteiger partial charge < -0.3 is 10.2 Å². The van der Waals surface area contributed by atoms with E-state index >= 15 is 0 Å². The first-order chi connectivity index (χ1) is 15.6. The van der Waals surface area contributed by atoms with Crippen molar-refractivity contribution in [1.82, 2.24) is 24.8 Å². The van der Waals surface area contributed by atoms with Gasteiger partial charge in [-0.1, -0.05) is 41.7 Å². The Morgan fingerprint density at radius 3 is 2.69 bits per heavy atom. The van der Waals surface area contributed by atoms with E-state index in [0.717, 1.165) is 43.9 Å². The number of amides is 1. The summed E-state index contributed by atoms with van der Waals surface area (Å²) >= 11 is 1.42. The molecule has 1 N–H and O–H groups in total. The monoisotopic (exact) mass is 452 g/mol. The zero-order valence-corrected chi connectivity index (χ0v) is 19.1. The van der Waals surface area contributed by atoms with Crippen LogP contribution in [0.15, 0.2) is 35.1 Å². The molecule has 2 aliphatic heterocycles. The highest BCUT2D eigenvalue weighted by molar-refractivity contribution is 7.21. The second-order valence-electron chi connectivity index (χ2n) is 8.58. The molecule has 5 rings (SSSR count). The highest BCUT2D eigenvalue weighted by atomic mass is 32.1. The Kier molecular flexibility index (Phi) is 5.93. The number of rotatable bonds is 6. The van der Waals surface area contributed by atoms with Gasteiger partial charge >= 0.3 is 0 Å². The van der Waals surface area contributed by atoms with Crippen LogP contribution >= 0.6 is 11.3 Å². The average Bonchev–Trinajstić information content (AvgIpc) is 3.57. The molecule has 1 amide bonds. The first-order valence-corrected chi connectivity index (χ1v) is 12.1. The molecule has 0 bridgehead atoms. The van der Waals surface area contributed by atoms with E-state index in [1.807, 2.05) is 35.2 Å². The molecule has 8 nitrogen and oxygen atoms in total. The molecule has 0 spiro atoms. The summed E-state index contributed by atoms with van der Waals surface area (Å²) in [6.07, 6.45) is 4.10. The number of benzene rings is 1. The highest BCUT2D eigenvalue weighted by Crippen LogP contribution is 2.32. The lowest BCUT2D eigenvalue weighted by Gasteiger charge is -2.23. The summed E-state index contributed by atoms with van der Waals surface area (Å²) in [4.78, 5) is 40.4. The number of hydrogen-bond acceptors (Lipinski definition) is 7. The minimum absolute atomic E-state index is 0.00110. The molecule has 1 aromatic carbocycles. The van der Waals surface area contributed by atoms with E-state index in [0.29, 0.717) is 28.6 Å². The predicted molar refractivity (Wildman–Crippen MR) is 126 cm³/mol. The van der Waals surface area contributed by atoms with Gasteiger partial charge in [-0.05, 0) is 44.3 Å². The minimum Gasteiger partial charge on any atom is -0.350 e. The van der Waals surface area contributed by atoms with E-state index in [4.69, 9.17) is 4.98 Å². The minimum atomic E-state index is -0.271. The number of aromatic nitrogens is 3. The van der Waals surface area contributed by atoms with Crippen LogP contribution in [0.3, 0.4) is 0 Å². The maximum Gasteiger partial charge on any atom is 0.280 e. The van der Waals surface area contributed by atoms with Gasteiger partial charge in [0.25, 0.3) is 5.56 Å². The van der Waals surface area contributed by atoms with Crippen LogP contribution < -0.4 is 15.8 Å². The molecule has 2 fully saturated rings. The Morgan fingerprint density at radius 1 is 1.12 bits per heavy atom. The fourth-order valence-electron chi connectivity index (χ4n) is 4.56. The molecule has 2 aliphatic rings. The number of thiazole rings is 1. The van der Waals surface area contributed by atoms with Crippen LogP contribution in [0.5, 0.6) is 0 Å². The summed E-state index contributed by atoms with van der Waals surface area (Å²) in [5.74, 6) is 0.777. The van der Waals surface area contributed by atoms with Crippen molar-refractivity contribution in [2.45, 2.75) is 44.8 Å². The van der Waals surface area contributed by atoms with Gasteiger partial charge in [0.15, 0.2) is 15.5 Å². The number of carbonyl (C=O) groups excluding carboxylic acids is 1. The Balaban J connectivity index is 1.36. The number of fused-ring (bicyclic) bond motifs is 1. The highest BCUT2D eigenvalue weighted by Gasteiger charge is 2.33. The van der Waals surface area contributed by atoms with Crippen LogP contribution in [0.1, 0.15) is 37.1 Å². The van der Waals surface area contributed by atoms with Gasteiger partial charge in [0.1, 0.15) is 11.9 Å². The summed E-state index contributed by atoms with van der Waals surface area (Å²) in [5.41, 5.74) is 1.35. The number of nitrogens with one attached hydrogen (secondary N) is 1. The van der Waals surface area contributed by atoms with Crippen LogP contribution in [0, 0.1) is 0 Å². The van der Waals surface area contributed by atoms with Gasteiger partial charge in [-0.15, -0.1) is 0 Å². The Bertz CT molecular complexity index is 1170. The van der Waals surface area contributed by atoms with Crippen LogP contribution in [0.2, 0.25) is 0 Å². The van der Waals surface area contributed by atoms with Gasteiger partial charge in [0, 0.05) is 20.1 Å². The molecule has 4 heterocycles. The quantitative estimate of drug-likeness (QED) is 0.618. The standard InChI is InChI=1S/C23H28N6O2S/c1-27-18(15-28-11-5-6-12-28)25-21-19(22(27)31)26-23(32-21)29-13-7-10-17(29)20(30)24-14-16-8-3-2-4-9-16/h2-4,8-9,17H,5-7,10-15H2,1H3,(H,24,30). The van der Waals surface area contributed by atoms with Crippen LogP contribution in [0.4, 0.5) is 5.13 Å². The second kappa shape index (κ2) is 8.99. The van der Waals surface area contributed by atoms with Crippen molar-refractivity contribution in [3.05, 3.63) is 52.1 Å². The van der Waals surface area contributed by atoms with Crippen molar-refractivity contribution in [3.63, 3.8) is 0 Å². The maximum absolute atomic E-state index is 13.0. The summed E-state index contributed by atoms with van der Waals surface area (Å²) in [5, 5.41) is 3.76. The van der Waals surface area contributed by atoms with Crippen molar-refractivity contribution in [3.8, 4) is 0 Å². The van der Waals surface area contributed by atoms with Gasteiger partial charge in [-0.25, -0.2) is 9.97 Å². The third-order valence-electron chi connectivity index (χ3n) is 6.40. The zero-order chi connectivity index (χ0) is 22.1. The summed E-state index contributed by atoms with van der Waals surface area (Å²) < 4.78 is 1.62. The third-order valence-corrected chi connectivity index (χ3v) is 7.38. The summed E-state index contributed by atoms with van der Waals surface area (Å²) in [7, 11) is 1.77. The van der Waals surface area contributed by atoms with E-state index in [1.54, 1.807) is 11.6 Å². The first kappa shape index (κ1) is 21.1. The fourth-order valence-corrected chi connectivity index (χ4v) is 5.59. The Morgan fingerprint density at radius 2 is 1.91 bits per heavy atom. The van der Waals surface area contributed by atoms with Gasteiger partial charge in [0.2, 0.25) is 5.91 Å². The lowest BCUT2D eigenvalue weighted by molar-refractivity contribution is -0.122. The first-order valence-electron chi connectivity index (χ1n) is 11.3. The molecule has 1 atom stereocenters. The van der Waals surface area contributed by atoms with Crippen molar-refractivity contribution in [2.75, 3.05) is 24.5 Å². The lowest BCUT2D eigenvalue weighted by Crippen LogP contribution is -2.43. The molecular formula is C23H28N6O2S. The molecule has 0 radical (unpaired) electrons. The number of anilines is 1. The molecule has 9 heteroatoms. The molecule has 0 saturated carbocycles. The van der Waals surface area contributed by atoms with Gasteiger partial charge in [0.05, 0.1) is 6.54 Å². The number of hydrogen-bond donors (Lipinski definition) is 1. The van der Waals surface area contributed by atoms with E-state index < -0.39 is 0 Å². The number of carbonyl (C=O) groups is 1. The molecular weight excluding hydrogens is 424 g/mol. The molecule has 3 aromatic rings. The predicted octanol–water partition coefficient (Wildman–Crippen LogP) is 2.27. The normalized spacial score (nSPS) is 19.2. The smallest absolute Gasteiger partial charge is 0.280 e. The van der Waals surface area contributed by atoms with E-state index in [2.05, 4.69) is 15.2 Å². The average molecular weight is 453 g/mol. The van der Waals surface area contributed by atoms with E-state index in [1.165, 1.54) is 24.2 Å². The van der Waals surface area contributed by atoms with Crippen molar-refractivity contribution in [1.29, 1.82) is 0 Å². The molecule has 32 heavy (non-hydrogen) atoms. The maximum atomic E-state index is 13.0. The lowest BCUT2D eigenvalue weighted by atomic mass is 10.2. The van der Waals surface area contributed by atoms with Crippen LogP contribution in [0.25, 0.3) is 10.3 Å². The zero-order valence-electron chi connectivity index (χ0n) is 18.3. The number of likely N-dealkylation sites (tertiary alicyclic amines) is 1. The molecule has 2 saturated heterocycles. The summed E-state index contributed by atoms with van der Waals surface area (Å²) in [6, 6.07) is 9.63. The largest absolute Gasteiger partial charge is 0.350 e. The van der Waals surface area contributed by atoms with E-state index in [-0.39, 0.29) is 17.5 Å². The van der Waals surface area contributed by atoms with Crippen molar-refractivity contribution < 1.29 is 4.79 Å². The van der Waals surface area contributed by atoms with Crippen LogP contribution in [-0.2, 0) is 24.9 Å². The second-order valence-corrected chi connectivity index (χ2v) is 9.54.